The fraction of sp³-hybridized carbons (Fsp3) is 0.429. The predicted molar refractivity (Wildman–Crippen MR) is 149 cm³/mol. The lowest BCUT2D eigenvalue weighted by atomic mass is 9.82. The van der Waals surface area contributed by atoms with Crippen LogP contribution in [0.2, 0.25) is 18.6 Å². The molecule has 1 saturated heterocycles. The highest BCUT2D eigenvalue weighted by Crippen LogP contribution is 2.59. The van der Waals surface area contributed by atoms with Crippen LogP contribution in [-0.2, 0) is 32.9 Å². The second kappa shape index (κ2) is 10.3. The highest BCUT2D eigenvalue weighted by molar-refractivity contribution is 6.71. The zero-order chi connectivity index (χ0) is 27.9. The third kappa shape index (κ3) is 4.59. The molecule has 2 aromatic carbocycles. The number of benzene rings is 2. The third-order valence-electron chi connectivity index (χ3n) is 8.11. The quantitative estimate of drug-likeness (QED) is 0.311. The van der Waals surface area contributed by atoms with E-state index in [9.17, 15) is 19.5 Å². The smallest absolute Gasteiger partial charge is 0.264 e. The highest BCUT2D eigenvalue weighted by Gasteiger charge is 2.65. The van der Waals surface area contributed by atoms with Crippen molar-refractivity contribution in [2.45, 2.75) is 56.7 Å². The number of likely N-dealkylation sites (N-methyl/N-ethyl adjacent to an activating group) is 1. The number of aryl methyl sites for hydroxylation is 1. The lowest BCUT2D eigenvalue weighted by Crippen LogP contribution is -2.45. The molecule has 3 heterocycles. The number of hydrogen-bond donors (Lipinski definition) is 2. The highest BCUT2D eigenvalue weighted by atomic mass is 28.4. The van der Waals surface area contributed by atoms with Gasteiger partial charge in [-0.25, -0.2) is 0 Å². The molecular formula is C28H35N5O5Si. The van der Waals surface area contributed by atoms with Crippen LogP contribution in [0.15, 0.2) is 54.7 Å². The first-order chi connectivity index (χ1) is 18.6. The predicted octanol–water partition coefficient (Wildman–Crippen LogP) is 2.97. The molecule has 2 aliphatic rings. The summed E-state index contributed by atoms with van der Waals surface area (Å²) in [5.74, 6) is -0.473. The van der Waals surface area contributed by atoms with Crippen LogP contribution in [0.3, 0.4) is 0 Å². The van der Waals surface area contributed by atoms with Gasteiger partial charge in [0.2, 0.25) is 6.41 Å². The molecule has 39 heavy (non-hydrogen) atoms. The molecule has 3 aromatic rings. The molecule has 10 nitrogen and oxygen atoms in total. The summed E-state index contributed by atoms with van der Waals surface area (Å²) in [7, 11) is -1.06. The number of anilines is 3. The summed E-state index contributed by atoms with van der Waals surface area (Å²) in [4.78, 5) is 40.7. The zero-order valence-electron chi connectivity index (χ0n) is 22.7. The molecule has 206 valence electrons. The summed E-state index contributed by atoms with van der Waals surface area (Å²) in [5, 5.41) is 17.4. The van der Waals surface area contributed by atoms with Crippen LogP contribution in [0.25, 0.3) is 0 Å². The van der Waals surface area contributed by atoms with E-state index in [1.165, 1.54) is 0 Å². The van der Waals surface area contributed by atoms with Gasteiger partial charge in [-0.1, -0.05) is 30.3 Å². The Kier molecular flexibility index (Phi) is 7.18. The Bertz CT molecular complexity index is 1360. The van der Waals surface area contributed by atoms with Crippen LogP contribution in [0.1, 0.15) is 24.6 Å². The van der Waals surface area contributed by atoms with Crippen LogP contribution >= 0.6 is 0 Å². The van der Waals surface area contributed by atoms with Crippen molar-refractivity contribution in [3.8, 4) is 0 Å². The SMILES string of the molecule is C[C@H]1[C@H]([Si](C)(C)O)[C@@H](CCn2cc(CCO)nn2)O[C@]12C(=O)N(C)c1ccc(N(C=O)c3ccccc3)cc12. The average molecular weight is 550 g/mol. The van der Waals surface area contributed by atoms with Crippen molar-refractivity contribution in [2.75, 3.05) is 23.5 Å². The summed E-state index contributed by atoms with van der Waals surface area (Å²) in [6.07, 6.45) is 3.14. The van der Waals surface area contributed by atoms with E-state index in [0.717, 1.165) is 12.1 Å². The van der Waals surface area contributed by atoms with Crippen LogP contribution < -0.4 is 9.80 Å². The van der Waals surface area contributed by atoms with E-state index in [4.69, 9.17) is 4.74 Å². The van der Waals surface area contributed by atoms with Gasteiger partial charge in [0.25, 0.3) is 5.91 Å². The van der Waals surface area contributed by atoms with E-state index in [1.807, 2.05) is 68.5 Å². The second-order valence-electron chi connectivity index (χ2n) is 11.0. The number of aliphatic hydroxyl groups excluding tert-OH is 1. The normalized spacial score (nSPS) is 24.4. The Morgan fingerprint density at radius 1 is 1.18 bits per heavy atom. The lowest BCUT2D eigenvalue weighted by Gasteiger charge is -2.32. The zero-order valence-corrected chi connectivity index (χ0v) is 23.7. The number of aliphatic hydroxyl groups is 1. The number of carbonyl (C=O) groups is 2. The fourth-order valence-electron chi connectivity index (χ4n) is 6.39. The van der Waals surface area contributed by atoms with Gasteiger partial charge in [0.05, 0.1) is 17.5 Å². The number of aromatic nitrogens is 3. The largest absolute Gasteiger partial charge is 0.432 e. The van der Waals surface area contributed by atoms with E-state index in [0.29, 0.717) is 42.0 Å². The lowest BCUT2D eigenvalue weighted by molar-refractivity contribution is -0.145. The maximum atomic E-state index is 14.0. The minimum Gasteiger partial charge on any atom is -0.432 e. The summed E-state index contributed by atoms with van der Waals surface area (Å²) >= 11 is 0. The topological polar surface area (TPSA) is 121 Å². The molecule has 2 N–H and O–H groups in total. The van der Waals surface area contributed by atoms with Crippen molar-refractivity contribution >= 4 is 37.7 Å². The second-order valence-corrected chi connectivity index (χ2v) is 14.9. The number of carbonyl (C=O) groups excluding carboxylic acids is 2. The molecule has 11 heteroatoms. The minimum atomic E-state index is -2.80. The van der Waals surface area contributed by atoms with Gasteiger partial charge in [0, 0.05) is 61.2 Å². The van der Waals surface area contributed by atoms with Crippen molar-refractivity contribution in [1.82, 2.24) is 15.0 Å². The van der Waals surface area contributed by atoms with Crippen molar-refractivity contribution in [3.05, 3.63) is 66.0 Å². The maximum Gasteiger partial charge on any atom is 0.264 e. The molecule has 1 aromatic heterocycles. The van der Waals surface area contributed by atoms with Crippen molar-refractivity contribution in [3.63, 3.8) is 0 Å². The van der Waals surface area contributed by atoms with Crippen molar-refractivity contribution in [1.29, 1.82) is 0 Å². The summed E-state index contributed by atoms with van der Waals surface area (Å²) in [5.41, 5.74) is 1.99. The van der Waals surface area contributed by atoms with E-state index < -0.39 is 13.9 Å². The monoisotopic (exact) mass is 549 g/mol. The van der Waals surface area contributed by atoms with Gasteiger partial charge in [-0.2, -0.15) is 0 Å². The van der Waals surface area contributed by atoms with Crippen LogP contribution in [0.4, 0.5) is 17.1 Å². The van der Waals surface area contributed by atoms with Gasteiger partial charge in [-0.3, -0.25) is 19.2 Å². The average Bonchev–Trinajstić information content (AvgIpc) is 3.55. The Balaban J connectivity index is 1.53. The van der Waals surface area contributed by atoms with E-state index in [2.05, 4.69) is 10.3 Å². The fourth-order valence-corrected chi connectivity index (χ4v) is 8.99. The molecule has 0 radical (unpaired) electrons. The molecule has 2 amide bonds. The number of para-hydroxylation sites is 1. The molecule has 0 aliphatic carbocycles. The molecule has 2 aliphatic heterocycles. The van der Waals surface area contributed by atoms with Gasteiger partial charge in [-0.15, -0.1) is 5.10 Å². The first-order valence-electron chi connectivity index (χ1n) is 13.2. The Hall–Kier alpha value is -3.38. The Morgan fingerprint density at radius 3 is 2.59 bits per heavy atom. The van der Waals surface area contributed by atoms with Gasteiger partial charge < -0.3 is 19.5 Å². The van der Waals surface area contributed by atoms with Crippen molar-refractivity contribution in [2.24, 2.45) is 5.92 Å². The number of ether oxygens (including phenoxy) is 1. The third-order valence-corrected chi connectivity index (χ3v) is 10.6. The number of rotatable bonds is 9. The molecule has 5 rings (SSSR count). The van der Waals surface area contributed by atoms with Gasteiger partial charge in [0.1, 0.15) is 0 Å². The van der Waals surface area contributed by atoms with Crippen molar-refractivity contribution < 1.29 is 24.2 Å². The van der Waals surface area contributed by atoms with Crippen LogP contribution in [0.5, 0.6) is 0 Å². The number of fused-ring (bicyclic) bond motifs is 2. The minimum absolute atomic E-state index is 0.000326. The van der Waals surface area contributed by atoms with E-state index in [-0.39, 0.29) is 30.1 Å². The Morgan fingerprint density at radius 2 is 1.92 bits per heavy atom. The van der Waals surface area contributed by atoms with Gasteiger partial charge >= 0.3 is 0 Å². The summed E-state index contributed by atoms with van der Waals surface area (Å²) < 4.78 is 8.51. The number of amides is 2. The molecule has 0 bridgehead atoms. The van der Waals surface area contributed by atoms with Crippen LogP contribution in [-0.4, -0.2) is 65.3 Å². The molecule has 0 unspecified atom stereocenters. The first kappa shape index (κ1) is 27.2. The first-order valence-corrected chi connectivity index (χ1v) is 16.3. The molecule has 1 fully saturated rings. The molecule has 4 atom stereocenters. The summed E-state index contributed by atoms with van der Waals surface area (Å²) in [6.45, 7) is 6.27. The number of hydrogen-bond acceptors (Lipinski definition) is 7. The number of nitrogens with zero attached hydrogens (tertiary/aromatic N) is 5. The molecule has 1 spiro atoms. The Labute approximate surface area is 228 Å². The van der Waals surface area contributed by atoms with Gasteiger partial charge in [0.15, 0.2) is 13.9 Å². The van der Waals surface area contributed by atoms with E-state index >= 15 is 0 Å². The van der Waals surface area contributed by atoms with E-state index in [1.54, 1.807) is 27.7 Å². The summed E-state index contributed by atoms with van der Waals surface area (Å²) in [6, 6.07) is 14.9. The molecule has 0 saturated carbocycles. The standard InChI is InChI=1S/C28H35N5O5Si/c1-19-26(39(3,4)37)25(12-14-32-17-20(13-15-34)29-30-32)38-28(19)23-16-22(10-11-24(23)31(2)27(28)36)33(18-35)21-8-6-5-7-9-21/h5-11,16-19,25-26,34,37H,12-15H2,1-4H3/t19-,25+,26-,28+/m0/s1. The van der Waals surface area contributed by atoms with Gasteiger partial charge in [-0.05, 0) is 49.8 Å². The molecular weight excluding hydrogens is 514 g/mol. The maximum absolute atomic E-state index is 14.0. The van der Waals surface area contributed by atoms with Crippen LogP contribution in [0, 0.1) is 5.92 Å².